The standard InChI is InChI=1S/C26H19BrClN3O5/c1-2-36-26(35)16-6-4-8-19(14-16)30-23(32)15-5-3-7-18(13-15)29-22-21(28)24(33)31(25(22)34)20-11-9-17(27)10-12-20/h3-14,29H,2H2,1H3,(H,30,32). The maximum Gasteiger partial charge on any atom is 0.338 e. The summed E-state index contributed by atoms with van der Waals surface area (Å²) in [6, 6.07) is 19.4. The third kappa shape index (κ3) is 5.32. The van der Waals surface area contributed by atoms with E-state index in [1.165, 1.54) is 12.1 Å². The number of carbonyl (C=O) groups is 4. The Kier molecular flexibility index (Phi) is 7.52. The molecule has 2 N–H and O–H groups in total. The summed E-state index contributed by atoms with van der Waals surface area (Å²) < 4.78 is 5.78. The predicted molar refractivity (Wildman–Crippen MR) is 140 cm³/mol. The maximum atomic E-state index is 13.0. The Balaban J connectivity index is 1.50. The third-order valence-electron chi connectivity index (χ3n) is 5.14. The van der Waals surface area contributed by atoms with Gasteiger partial charge in [0.05, 0.1) is 17.9 Å². The molecule has 0 spiro atoms. The van der Waals surface area contributed by atoms with Gasteiger partial charge in [0, 0.05) is 21.4 Å². The lowest BCUT2D eigenvalue weighted by molar-refractivity contribution is -0.120. The number of hydrogen-bond donors (Lipinski definition) is 2. The van der Waals surface area contributed by atoms with E-state index in [2.05, 4.69) is 26.6 Å². The number of rotatable bonds is 7. The molecule has 0 atom stereocenters. The fraction of sp³-hybridized carbons (Fsp3) is 0.0769. The molecule has 1 heterocycles. The molecule has 8 nitrogen and oxygen atoms in total. The molecule has 0 fully saturated rings. The Morgan fingerprint density at radius 3 is 2.25 bits per heavy atom. The summed E-state index contributed by atoms with van der Waals surface area (Å²) in [5.74, 6) is -2.19. The fourth-order valence-electron chi connectivity index (χ4n) is 3.46. The lowest BCUT2D eigenvalue weighted by Gasteiger charge is -2.15. The van der Waals surface area contributed by atoms with E-state index >= 15 is 0 Å². The van der Waals surface area contributed by atoms with Crippen molar-refractivity contribution in [2.24, 2.45) is 0 Å². The van der Waals surface area contributed by atoms with Crippen LogP contribution >= 0.6 is 27.5 Å². The molecule has 1 aliphatic heterocycles. The molecule has 0 aromatic heterocycles. The first-order chi connectivity index (χ1) is 17.3. The second-order valence-corrected chi connectivity index (χ2v) is 8.87. The Bertz CT molecular complexity index is 1400. The van der Waals surface area contributed by atoms with E-state index in [9.17, 15) is 19.2 Å². The zero-order valence-corrected chi connectivity index (χ0v) is 21.2. The number of nitrogens with zero attached hydrogens (tertiary/aromatic N) is 1. The van der Waals surface area contributed by atoms with Crippen LogP contribution in [0.2, 0.25) is 0 Å². The quantitative estimate of drug-likeness (QED) is 0.296. The van der Waals surface area contributed by atoms with Crippen LogP contribution < -0.4 is 15.5 Å². The average molecular weight is 569 g/mol. The highest BCUT2D eigenvalue weighted by atomic mass is 79.9. The Labute approximate surface area is 220 Å². The number of halogens is 2. The molecule has 3 aromatic rings. The van der Waals surface area contributed by atoms with Crippen LogP contribution in [-0.2, 0) is 14.3 Å². The van der Waals surface area contributed by atoms with Gasteiger partial charge in [0.2, 0.25) is 0 Å². The highest BCUT2D eigenvalue weighted by Gasteiger charge is 2.39. The van der Waals surface area contributed by atoms with Gasteiger partial charge in [-0.2, -0.15) is 0 Å². The minimum atomic E-state index is -0.651. The Hall–Kier alpha value is -3.95. The van der Waals surface area contributed by atoms with Gasteiger partial charge in [0.25, 0.3) is 17.7 Å². The molecule has 1 aliphatic rings. The lowest BCUT2D eigenvalue weighted by atomic mass is 10.1. The number of benzene rings is 3. The van der Waals surface area contributed by atoms with Crippen molar-refractivity contribution in [2.75, 3.05) is 22.1 Å². The first-order valence-electron chi connectivity index (χ1n) is 10.8. The molecule has 0 bridgehead atoms. The number of nitrogens with one attached hydrogen (secondary N) is 2. The van der Waals surface area contributed by atoms with E-state index in [1.807, 2.05) is 0 Å². The number of carbonyl (C=O) groups excluding carboxylic acids is 4. The highest BCUT2D eigenvalue weighted by Crippen LogP contribution is 2.31. The van der Waals surface area contributed by atoms with Gasteiger partial charge < -0.3 is 15.4 Å². The van der Waals surface area contributed by atoms with E-state index in [-0.39, 0.29) is 22.9 Å². The van der Waals surface area contributed by atoms with E-state index < -0.39 is 23.7 Å². The van der Waals surface area contributed by atoms with Gasteiger partial charge in [-0.05, 0) is 67.6 Å². The summed E-state index contributed by atoms with van der Waals surface area (Å²) in [6.45, 7) is 1.95. The molecule has 3 amide bonds. The Morgan fingerprint density at radius 2 is 1.56 bits per heavy atom. The first kappa shape index (κ1) is 25.2. The van der Waals surface area contributed by atoms with E-state index in [0.717, 1.165) is 9.37 Å². The number of anilines is 3. The molecule has 4 rings (SSSR count). The molecular formula is C26H19BrClN3O5. The molecule has 10 heteroatoms. The molecule has 182 valence electrons. The van der Waals surface area contributed by atoms with Crippen molar-refractivity contribution in [1.82, 2.24) is 0 Å². The summed E-state index contributed by atoms with van der Waals surface area (Å²) in [4.78, 5) is 51.4. The van der Waals surface area contributed by atoms with E-state index in [0.29, 0.717) is 22.6 Å². The van der Waals surface area contributed by atoms with Crippen LogP contribution in [0.1, 0.15) is 27.6 Å². The molecule has 0 saturated carbocycles. The zero-order chi connectivity index (χ0) is 25.8. The van der Waals surface area contributed by atoms with Gasteiger partial charge in [-0.3, -0.25) is 14.4 Å². The molecule has 0 radical (unpaired) electrons. The van der Waals surface area contributed by atoms with E-state index in [4.69, 9.17) is 16.3 Å². The van der Waals surface area contributed by atoms with Crippen LogP contribution in [0.5, 0.6) is 0 Å². The molecular weight excluding hydrogens is 550 g/mol. The number of ether oxygens (including phenoxy) is 1. The van der Waals surface area contributed by atoms with Gasteiger partial charge in [-0.1, -0.05) is 39.7 Å². The summed E-state index contributed by atoms with van der Waals surface area (Å²) in [5, 5.41) is 5.34. The molecule has 3 aromatic carbocycles. The minimum Gasteiger partial charge on any atom is -0.462 e. The van der Waals surface area contributed by atoms with Crippen LogP contribution in [0.4, 0.5) is 17.1 Å². The largest absolute Gasteiger partial charge is 0.462 e. The van der Waals surface area contributed by atoms with Crippen molar-refractivity contribution in [3.63, 3.8) is 0 Å². The molecule has 0 unspecified atom stereocenters. The van der Waals surface area contributed by atoms with Gasteiger partial charge in [0.15, 0.2) is 0 Å². The summed E-state index contributed by atoms with van der Waals surface area (Å²) in [7, 11) is 0. The van der Waals surface area contributed by atoms with Crippen LogP contribution in [-0.4, -0.2) is 30.3 Å². The summed E-state index contributed by atoms with van der Waals surface area (Å²) in [5.41, 5.74) is 1.67. The van der Waals surface area contributed by atoms with Gasteiger partial charge in [0.1, 0.15) is 10.7 Å². The minimum absolute atomic E-state index is 0.0933. The third-order valence-corrected chi connectivity index (χ3v) is 6.02. The second-order valence-electron chi connectivity index (χ2n) is 7.57. The topological polar surface area (TPSA) is 105 Å². The van der Waals surface area contributed by atoms with Crippen molar-refractivity contribution >= 4 is 68.3 Å². The Morgan fingerprint density at radius 1 is 0.917 bits per heavy atom. The lowest BCUT2D eigenvalue weighted by Crippen LogP contribution is -2.32. The molecule has 0 saturated heterocycles. The molecule has 0 aliphatic carbocycles. The SMILES string of the molecule is CCOC(=O)c1cccc(NC(=O)c2cccc(NC3=C(Cl)C(=O)N(c4ccc(Br)cc4)C3=O)c2)c1. The van der Waals surface area contributed by atoms with Crippen molar-refractivity contribution in [1.29, 1.82) is 0 Å². The van der Waals surface area contributed by atoms with Crippen molar-refractivity contribution in [3.8, 4) is 0 Å². The van der Waals surface area contributed by atoms with Crippen LogP contribution in [0, 0.1) is 0 Å². The second kappa shape index (κ2) is 10.8. The maximum absolute atomic E-state index is 13.0. The monoisotopic (exact) mass is 567 g/mol. The average Bonchev–Trinajstić information content (AvgIpc) is 3.08. The first-order valence-corrected chi connectivity index (χ1v) is 12.0. The summed E-state index contributed by atoms with van der Waals surface area (Å²) >= 11 is 9.52. The van der Waals surface area contributed by atoms with Crippen molar-refractivity contribution in [2.45, 2.75) is 6.92 Å². The molecule has 36 heavy (non-hydrogen) atoms. The van der Waals surface area contributed by atoms with Crippen LogP contribution in [0.15, 0.2) is 88.0 Å². The van der Waals surface area contributed by atoms with Gasteiger partial charge in [-0.15, -0.1) is 0 Å². The normalized spacial score (nSPS) is 13.1. The number of hydrogen-bond acceptors (Lipinski definition) is 6. The number of amides is 3. The number of imide groups is 1. The van der Waals surface area contributed by atoms with Crippen molar-refractivity contribution < 1.29 is 23.9 Å². The number of esters is 1. The highest BCUT2D eigenvalue weighted by molar-refractivity contribution is 9.10. The zero-order valence-electron chi connectivity index (χ0n) is 18.9. The fourth-order valence-corrected chi connectivity index (χ4v) is 3.94. The summed E-state index contributed by atoms with van der Waals surface area (Å²) in [6.07, 6.45) is 0. The van der Waals surface area contributed by atoms with Gasteiger partial charge >= 0.3 is 5.97 Å². The van der Waals surface area contributed by atoms with E-state index in [1.54, 1.807) is 67.6 Å². The van der Waals surface area contributed by atoms with Crippen molar-refractivity contribution in [3.05, 3.63) is 99.1 Å². The van der Waals surface area contributed by atoms with Crippen LogP contribution in [0.25, 0.3) is 0 Å². The van der Waals surface area contributed by atoms with Crippen LogP contribution in [0.3, 0.4) is 0 Å². The van der Waals surface area contributed by atoms with Gasteiger partial charge in [-0.25, -0.2) is 9.69 Å². The predicted octanol–water partition coefficient (Wildman–Crippen LogP) is 5.31. The smallest absolute Gasteiger partial charge is 0.338 e.